The Morgan fingerprint density at radius 2 is 1.71 bits per heavy atom. The maximum atomic E-state index is 11.0. The molecule has 24 heavy (non-hydrogen) atoms. The molecule has 0 aliphatic heterocycles. The number of hydrogen-bond donors (Lipinski definition) is 0. The van der Waals surface area contributed by atoms with Crippen molar-refractivity contribution in [2.24, 2.45) is 0 Å². The van der Waals surface area contributed by atoms with Crippen molar-refractivity contribution in [3.05, 3.63) is 42.5 Å². The van der Waals surface area contributed by atoms with Crippen LogP contribution in [0, 0.1) is 0 Å². The van der Waals surface area contributed by atoms with Gasteiger partial charge in [-0.1, -0.05) is 64.2 Å². The maximum Gasteiger partial charge on any atom is 0.330 e. The van der Waals surface area contributed by atoms with Crippen molar-refractivity contribution in [1.29, 1.82) is 0 Å². The summed E-state index contributed by atoms with van der Waals surface area (Å²) in [5.74, 6) is 0.385. The highest BCUT2D eigenvalue weighted by molar-refractivity contribution is 5.81. The van der Waals surface area contributed by atoms with E-state index in [1.54, 1.807) is 0 Å². The molecule has 3 nitrogen and oxygen atoms in total. The molecule has 0 amide bonds. The van der Waals surface area contributed by atoms with Crippen LogP contribution in [0.3, 0.4) is 0 Å². The third-order valence-electron chi connectivity index (χ3n) is 3.96. The Bertz CT molecular complexity index is 464. The van der Waals surface area contributed by atoms with Gasteiger partial charge in [0.25, 0.3) is 0 Å². The van der Waals surface area contributed by atoms with Gasteiger partial charge in [-0.2, -0.15) is 0 Å². The molecule has 0 aliphatic carbocycles. The van der Waals surface area contributed by atoms with Gasteiger partial charge >= 0.3 is 5.97 Å². The Balaban J connectivity index is 2.20. The largest absolute Gasteiger partial charge is 0.487 e. The lowest BCUT2D eigenvalue weighted by molar-refractivity contribution is -0.139. The van der Waals surface area contributed by atoms with Gasteiger partial charge in [0.2, 0.25) is 0 Å². The first-order valence-corrected chi connectivity index (χ1v) is 9.20. The van der Waals surface area contributed by atoms with E-state index < -0.39 is 5.97 Å². The number of unbranched alkanes of at least 4 members (excludes halogenated alkanes) is 6. The molecule has 1 unspecified atom stereocenters. The van der Waals surface area contributed by atoms with Crippen LogP contribution >= 0.6 is 0 Å². The van der Waals surface area contributed by atoms with Crippen molar-refractivity contribution >= 4 is 5.97 Å². The normalized spacial score (nSPS) is 11.8. The summed E-state index contributed by atoms with van der Waals surface area (Å²) >= 11 is 0. The topological polar surface area (TPSA) is 35.5 Å². The first-order chi connectivity index (χ1) is 11.7. The van der Waals surface area contributed by atoms with E-state index in [2.05, 4.69) is 25.6 Å². The fourth-order valence-corrected chi connectivity index (χ4v) is 2.55. The molecule has 0 N–H and O–H groups in total. The maximum absolute atomic E-state index is 11.0. The Labute approximate surface area is 147 Å². The van der Waals surface area contributed by atoms with Crippen LogP contribution in [-0.4, -0.2) is 18.7 Å². The minimum atomic E-state index is -0.421. The van der Waals surface area contributed by atoms with Crippen molar-refractivity contribution in [1.82, 2.24) is 0 Å². The summed E-state index contributed by atoms with van der Waals surface area (Å²) in [4.78, 5) is 11.0. The molecule has 0 fully saturated rings. The third-order valence-corrected chi connectivity index (χ3v) is 3.96. The number of carbonyl (C=O) groups excluding carboxylic acids is 1. The van der Waals surface area contributed by atoms with Crippen LogP contribution in [0.4, 0.5) is 0 Å². The molecular weight excluding hydrogens is 300 g/mol. The Kier molecular flexibility index (Phi) is 10.7. The van der Waals surface area contributed by atoms with E-state index in [4.69, 9.17) is 9.47 Å². The standard InChI is InChI=1S/C21H32O3/c1-4-6-7-8-9-10-11-12-19-13-15-20(16-14-19)24-18(3)17-23-21(22)5-2/h5,13-16,18H,2,4,6-12,17H2,1,3H3. The second kappa shape index (κ2) is 12.6. The molecule has 0 heterocycles. The highest BCUT2D eigenvalue weighted by atomic mass is 16.6. The number of carbonyl (C=O) groups is 1. The summed E-state index contributed by atoms with van der Waals surface area (Å²) in [5, 5.41) is 0. The van der Waals surface area contributed by atoms with Gasteiger partial charge in [-0.05, 0) is 37.5 Å². The zero-order valence-electron chi connectivity index (χ0n) is 15.3. The van der Waals surface area contributed by atoms with Crippen LogP contribution in [0.15, 0.2) is 36.9 Å². The smallest absolute Gasteiger partial charge is 0.330 e. The summed E-state index contributed by atoms with van der Waals surface area (Å²) in [6.07, 6.45) is 11.4. The van der Waals surface area contributed by atoms with Gasteiger partial charge < -0.3 is 9.47 Å². The molecule has 3 heteroatoms. The molecule has 1 atom stereocenters. The molecule has 1 aromatic rings. The zero-order chi connectivity index (χ0) is 17.6. The molecule has 0 radical (unpaired) electrons. The quantitative estimate of drug-likeness (QED) is 0.273. The van der Waals surface area contributed by atoms with Crippen molar-refractivity contribution in [3.63, 3.8) is 0 Å². The van der Waals surface area contributed by atoms with Crippen molar-refractivity contribution < 1.29 is 14.3 Å². The average molecular weight is 332 g/mol. The van der Waals surface area contributed by atoms with E-state index in [1.165, 1.54) is 50.5 Å². The Morgan fingerprint density at radius 3 is 2.33 bits per heavy atom. The monoisotopic (exact) mass is 332 g/mol. The molecular formula is C21H32O3. The number of esters is 1. The fraction of sp³-hybridized carbons (Fsp3) is 0.571. The minimum absolute atomic E-state index is 0.178. The molecule has 0 bridgehead atoms. The summed E-state index contributed by atoms with van der Waals surface area (Å²) in [5.41, 5.74) is 1.35. The summed E-state index contributed by atoms with van der Waals surface area (Å²) in [6.45, 7) is 7.72. The second-order valence-electron chi connectivity index (χ2n) is 6.28. The van der Waals surface area contributed by atoms with E-state index >= 15 is 0 Å². The number of aryl methyl sites for hydroxylation is 1. The summed E-state index contributed by atoms with van der Waals surface area (Å²) in [7, 11) is 0. The van der Waals surface area contributed by atoms with Gasteiger partial charge in [-0.3, -0.25) is 0 Å². The van der Waals surface area contributed by atoms with Gasteiger partial charge in [0.1, 0.15) is 18.5 Å². The van der Waals surface area contributed by atoms with Gasteiger partial charge in [0.05, 0.1) is 0 Å². The zero-order valence-corrected chi connectivity index (χ0v) is 15.3. The van der Waals surface area contributed by atoms with E-state index in [0.717, 1.165) is 18.2 Å². The van der Waals surface area contributed by atoms with Crippen LogP contribution in [0.2, 0.25) is 0 Å². The summed E-state index contributed by atoms with van der Waals surface area (Å²) < 4.78 is 10.7. The van der Waals surface area contributed by atoms with Crippen LogP contribution in [0.1, 0.15) is 64.4 Å². The third kappa shape index (κ3) is 9.39. The number of rotatable bonds is 13. The molecule has 0 saturated carbocycles. The lowest BCUT2D eigenvalue weighted by Gasteiger charge is -2.14. The number of hydrogen-bond acceptors (Lipinski definition) is 3. The SMILES string of the molecule is C=CC(=O)OCC(C)Oc1ccc(CCCCCCCCC)cc1. The molecule has 0 saturated heterocycles. The second-order valence-corrected chi connectivity index (χ2v) is 6.28. The van der Waals surface area contributed by atoms with E-state index in [1.807, 2.05) is 19.1 Å². The lowest BCUT2D eigenvalue weighted by atomic mass is 10.0. The molecule has 1 rings (SSSR count). The van der Waals surface area contributed by atoms with E-state index in [-0.39, 0.29) is 12.7 Å². The van der Waals surface area contributed by atoms with Gasteiger partial charge in [-0.15, -0.1) is 0 Å². The van der Waals surface area contributed by atoms with Gasteiger partial charge in [0.15, 0.2) is 0 Å². The Hall–Kier alpha value is -1.77. The summed E-state index contributed by atoms with van der Waals surface area (Å²) in [6, 6.07) is 8.22. The lowest BCUT2D eigenvalue weighted by Crippen LogP contribution is -2.20. The molecule has 1 aromatic carbocycles. The highest BCUT2D eigenvalue weighted by Crippen LogP contribution is 2.16. The first kappa shape index (κ1) is 20.3. The van der Waals surface area contributed by atoms with Crippen LogP contribution in [0.25, 0.3) is 0 Å². The first-order valence-electron chi connectivity index (χ1n) is 9.20. The van der Waals surface area contributed by atoms with Crippen LogP contribution in [-0.2, 0) is 16.0 Å². The van der Waals surface area contributed by atoms with Gasteiger partial charge in [0, 0.05) is 6.08 Å². The van der Waals surface area contributed by atoms with Crippen LogP contribution in [0.5, 0.6) is 5.75 Å². The predicted octanol–water partition coefficient (Wildman–Crippen LogP) is 5.48. The van der Waals surface area contributed by atoms with Gasteiger partial charge in [-0.25, -0.2) is 4.79 Å². The van der Waals surface area contributed by atoms with E-state index in [9.17, 15) is 4.79 Å². The minimum Gasteiger partial charge on any atom is -0.487 e. The fourth-order valence-electron chi connectivity index (χ4n) is 2.55. The van der Waals surface area contributed by atoms with Crippen LogP contribution < -0.4 is 4.74 Å². The molecule has 134 valence electrons. The molecule has 0 aliphatic rings. The highest BCUT2D eigenvalue weighted by Gasteiger charge is 2.06. The average Bonchev–Trinajstić information content (AvgIpc) is 2.60. The predicted molar refractivity (Wildman–Crippen MR) is 99.4 cm³/mol. The number of ether oxygens (including phenoxy) is 2. The number of benzene rings is 1. The van der Waals surface area contributed by atoms with Crippen molar-refractivity contribution in [2.75, 3.05) is 6.61 Å². The molecule has 0 aromatic heterocycles. The Morgan fingerprint density at radius 1 is 1.08 bits per heavy atom. The van der Waals surface area contributed by atoms with Crippen molar-refractivity contribution in [3.8, 4) is 5.75 Å². The van der Waals surface area contributed by atoms with E-state index in [0.29, 0.717) is 0 Å². The molecule has 0 spiro atoms. The van der Waals surface area contributed by atoms with Crippen molar-refractivity contribution in [2.45, 2.75) is 71.3 Å².